The molecule has 0 aliphatic carbocycles. The van der Waals surface area contributed by atoms with Gasteiger partial charge in [-0.25, -0.2) is 4.79 Å². The molecular weight excluding hydrogens is 374 g/mol. The van der Waals surface area contributed by atoms with Crippen LogP contribution in [0.5, 0.6) is 0 Å². The maximum absolute atomic E-state index is 12.4. The highest BCUT2D eigenvalue weighted by Crippen LogP contribution is 2.20. The van der Waals surface area contributed by atoms with E-state index in [1.807, 2.05) is 0 Å². The maximum Gasteiger partial charge on any atom is 0.328 e. The van der Waals surface area contributed by atoms with Gasteiger partial charge in [-0.15, -0.1) is 0 Å². The van der Waals surface area contributed by atoms with E-state index in [9.17, 15) is 9.59 Å². The highest BCUT2D eigenvalue weighted by Gasteiger charge is 2.34. The first-order valence-electron chi connectivity index (χ1n) is 13.2. The molecule has 1 atom stereocenters. The third-order valence-electron chi connectivity index (χ3n) is 6.33. The lowest BCUT2D eigenvalue weighted by atomic mass is 10.0. The van der Waals surface area contributed by atoms with E-state index in [2.05, 4.69) is 13.8 Å². The van der Waals surface area contributed by atoms with Crippen molar-refractivity contribution in [1.29, 1.82) is 0 Å². The minimum absolute atomic E-state index is 0.118. The van der Waals surface area contributed by atoms with Crippen molar-refractivity contribution in [3.63, 3.8) is 0 Å². The molecule has 30 heavy (non-hydrogen) atoms. The molecule has 1 aliphatic heterocycles. The number of likely N-dealkylation sites (tertiary alicyclic amines) is 1. The van der Waals surface area contributed by atoms with E-state index >= 15 is 0 Å². The van der Waals surface area contributed by atoms with Crippen molar-refractivity contribution in [2.45, 2.75) is 142 Å². The molecule has 0 bridgehead atoms. The first-order chi connectivity index (χ1) is 14.7. The summed E-state index contributed by atoms with van der Waals surface area (Å²) in [6, 6.07) is -0.332. The van der Waals surface area contributed by atoms with Crippen molar-refractivity contribution in [3.8, 4) is 0 Å². The van der Waals surface area contributed by atoms with E-state index in [0.29, 0.717) is 19.6 Å². The molecule has 1 heterocycles. The third-order valence-corrected chi connectivity index (χ3v) is 6.33. The Morgan fingerprint density at radius 1 is 0.733 bits per heavy atom. The van der Waals surface area contributed by atoms with Crippen LogP contribution in [0, 0.1) is 0 Å². The van der Waals surface area contributed by atoms with Crippen LogP contribution in [0.25, 0.3) is 0 Å². The van der Waals surface area contributed by atoms with E-state index in [1.54, 1.807) is 4.90 Å². The summed E-state index contributed by atoms with van der Waals surface area (Å²) < 4.78 is 5.49. The summed E-state index contributed by atoms with van der Waals surface area (Å²) >= 11 is 0. The number of nitrogens with zero attached hydrogens (tertiary/aromatic N) is 1. The normalized spacial score (nSPS) is 16.2. The van der Waals surface area contributed by atoms with Crippen LogP contribution in [-0.2, 0) is 14.3 Å². The van der Waals surface area contributed by atoms with Gasteiger partial charge in [-0.3, -0.25) is 4.79 Å². The van der Waals surface area contributed by atoms with Crippen LogP contribution >= 0.6 is 0 Å². The van der Waals surface area contributed by atoms with Gasteiger partial charge in [0.05, 0.1) is 6.61 Å². The standard InChI is InChI=1S/C26H49NO3/c1-3-5-7-8-9-10-11-12-13-14-15-16-17-18-23-30-26(29)24-20-19-22-27(24)25(28)21-6-4-2/h24H,3-23H2,1-2H3. The molecule has 0 saturated carbocycles. The van der Waals surface area contributed by atoms with Crippen molar-refractivity contribution in [2.75, 3.05) is 13.2 Å². The number of amides is 1. The van der Waals surface area contributed by atoms with Gasteiger partial charge >= 0.3 is 5.97 Å². The number of hydrogen-bond acceptors (Lipinski definition) is 3. The average molecular weight is 424 g/mol. The van der Waals surface area contributed by atoms with E-state index in [4.69, 9.17) is 4.74 Å². The van der Waals surface area contributed by atoms with Gasteiger partial charge in [0.1, 0.15) is 6.04 Å². The predicted molar refractivity (Wildman–Crippen MR) is 126 cm³/mol. The molecule has 1 saturated heterocycles. The number of carbonyl (C=O) groups is 2. The van der Waals surface area contributed by atoms with Crippen molar-refractivity contribution < 1.29 is 14.3 Å². The molecule has 0 N–H and O–H groups in total. The summed E-state index contributed by atoms with van der Waals surface area (Å²) in [7, 11) is 0. The summed E-state index contributed by atoms with van der Waals surface area (Å²) in [5.41, 5.74) is 0. The molecule has 0 aromatic carbocycles. The molecule has 1 unspecified atom stereocenters. The minimum atomic E-state index is -0.332. The fraction of sp³-hybridized carbons (Fsp3) is 0.923. The van der Waals surface area contributed by atoms with Gasteiger partial charge in [-0.1, -0.05) is 104 Å². The predicted octanol–water partition coefficient (Wildman–Crippen LogP) is 7.19. The van der Waals surface area contributed by atoms with Crippen LogP contribution in [0.15, 0.2) is 0 Å². The van der Waals surface area contributed by atoms with Crippen LogP contribution in [-0.4, -0.2) is 36.0 Å². The van der Waals surface area contributed by atoms with Crippen LogP contribution in [0.4, 0.5) is 0 Å². The largest absolute Gasteiger partial charge is 0.464 e. The van der Waals surface area contributed by atoms with Crippen LogP contribution < -0.4 is 0 Å². The Morgan fingerprint density at radius 2 is 1.23 bits per heavy atom. The van der Waals surface area contributed by atoms with Crippen LogP contribution in [0.2, 0.25) is 0 Å². The Hall–Kier alpha value is -1.06. The van der Waals surface area contributed by atoms with Gasteiger partial charge in [0.15, 0.2) is 0 Å². The smallest absolute Gasteiger partial charge is 0.328 e. The highest BCUT2D eigenvalue weighted by atomic mass is 16.5. The van der Waals surface area contributed by atoms with Crippen molar-refractivity contribution in [1.82, 2.24) is 4.90 Å². The first-order valence-corrected chi connectivity index (χ1v) is 13.2. The van der Waals surface area contributed by atoms with Crippen molar-refractivity contribution >= 4 is 11.9 Å². The van der Waals surface area contributed by atoms with E-state index in [0.717, 1.165) is 38.5 Å². The molecule has 0 spiro atoms. The Kier molecular flexibility index (Phi) is 16.8. The van der Waals surface area contributed by atoms with Crippen molar-refractivity contribution in [3.05, 3.63) is 0 Å². The highest BCUT2D eigenvalue weighted by molar-refractivity contribution is 5.85. The number of ether oxygens (including phenoxy) is 1. The summed E-state index contributed by atoms with van der Waals surface area (Å²) in [5, 5.41) is 0. The Morgan fingerprint density at radius 3 is 1.77 bits per heavy atom. The molecule has 0 aromatic rings. The lowest BCUT2D eigenvalue weighted by Crippen LogP contribution is -2.41. The zero-order chi connectivity index (χ0) is 21.9. The Bertz CT molecular complexity index is 438. The van der Waals surface area contributed by atoms with E-state index < -0.39 is 0 Å². The summed E-state index contributed by atoms with van der Waals surface area (Å²) in [6.45, 7) is 5.57. The quantitative estimate of drug-likeness (QED) is 0.163. The van der Waals surface area contributed by atoms with Gasteiger partial charge in [-0.2, -0.15) is 0 Å². The number of rotatable bonds is 19. The molecule has 1 rings (SSSR count). The SMILES string of the molecule is CCCCCCCCCCCCCCCCOC(=O)C1CCCN1C(=O)CCCC. The molecule has 1 amide bonds. The number of esters is 1. The Balaban J connectivity index is 1.93. The topological polar surface area (TPSA) is 46.6 Å². The molecule has 0 radical (unpaired) electrons. The molecule has 1 fully saturated rings. The second kappa shape index (κ2) is 18.7. The maximum atomic E-state index is 12.4. The zero-order valence-electron chi connectivity index (χ0n) is 20.1. The van der Waals surface area contributed by atoms with Gasteiger partial charge in [0.25, 0.3) is 0 Å². The second-order valence-electron chi connectivity index (χ2n) is 9.11. The molecular formula is C26H49NO3. The van der Waals surface area contributed by atoms with E-state index in [1.165, 1.54) is 77.0 Å². The van der Waals surface area contributed by atoms with Crippen molar-refractivity contribution in [2.24, 2.45) is 0 Å². The molecule has 4 nitrogen and oxygen atoms in total. The van der Waals surface area contributed by atoms with E-state index in [-0.39, 0.29) is 17.9 Å². The lowest BCUT2D eigenvalue weighted by molar-refractivity contribution is -0.153. The summed E-state index contributed by atoms with van der Waals surface area (Å²) in [4.78, 5) is 26.4. The van der Waals surface area contributed by atoms with Gasteiger partial charge < -0.3 is 9.64 Å². The van der Waals surface area contributed by atoms with Crippen LogP contribution in [0.3, 0.4) is 0 Å². The zero-order valence-corrected chi connectivity index (χ0v) is 20.1. The third kappa shape index (κ3) is 12.6. The number of carbonyl (C=O) groups excluding carboxylic acids is 2. The lowest BCUT2D eigenvalue weighted by Gasteiger charge is -2.23. The minimum Gasteiger partial charge on any atom is -0.464 e. The number of hydrogen-bond donors (Lipinski definition) is 0. The summed E-state index contributed by atoms with van der Waals surface area (Å²) in [6.07, 6.45) is 22.7. The number of unbranched alkanes of at least 4 members (excludes halogenated alkanes) is 14. The summed E-state index contributed by atoms with van der Waals surface area (Å²) in [5.74, 6) is -0.0696. The molecule has 1 aliphatic rings. The Labute approximate surface area is 186 Å². The monoisotopic (exact) mass is 423 g/mol. The van der Waals surface area contributed by atoms with Gasteiger partial charge in [-0.05, 0) is 25.7 Å². The molecule has 0 aromatic heterocycles. The fourth-order valence-corrected chi connectivity index (χ4v) is 4.35. The molecule has 4 heteroatoms. The van der Waals surface area contributed by atoms with Gasteiger partial charge in [0.2, 0.25) is 5.91 Å². The second-order valence-corrected chi connectivity index (χ2v) is 9.11. The van der Waals surface area contributed by atoms with Gasteiger partial charge in [0, 0.05) is 13.0 Å². The average Bonchev–Trinajstić information content (AvgIpc) is 3.25. The fourth-order valence-electron chi connectivity index (χ4n) is 4.35. The van der Waals surface area contributed by atoms with Crippen LogP contribution in [0.1, 0.15) is 136 Å². The first kappa shape index (κ1) is 27.0. The molecule has 176 valence electrons.